The van der Waals surface area contributed by atoms with E-state index in [4.69, 9.17) is 0 Å². The van der Waals surface area contributed by atoms with Crippen LogP contribution < -0.4 is 10.4 Å². The third-order valence-corrected chi connectivity index (χ3v) is 5.29. The molecule has 0 saturated carbocycles. The highest BCUT2D eigenvalue weighted by Crippen LogP contribution is 2.22. The van der Waals surface area contributed by atoms with Crippen LogP contribution in [-0.2, 0) is 11.3 Å². The number of rotatable bonds is 6. The Morgan fingerprint density at radius 1 is 1.14 bits per heavy atom. The van der Waals surface area contributed by atoms with Crippen molar-refractivity contribution in [3.8, 4) is 0 Å². The first kappa shape index (κ1) is 20.9. The Morgan fingerprint density at radius 3 is 2.52 bits per heavy atom. The molecule has 1 fully saturated rings. The van der Waals surface area contributed by atoms with Crippen molar-refractivity contribution in [2.24, 2.45) is 0 Å². The molecule has 2 atom stereocenters. The van der Waals surface area contributed by atoms with Crippen LogP contribution in [0.3, 0.4) is 0 Å². The van der Waals surface area contributed by atoms with Crippen molar-refractivity contribution in [1.29, 1.82) is 0 Å². The topological polar surface area (TPSA) is 72.5 Å². The van der Waals surface area contributed by atoms with E-state index in [2.05, 4.69) is 5.32 Å². The van der Waals surface area contributed by atoms with Gasteiger partial charge in [-0.3, -0.25) is 9.69 Å². The molecule has 1 heterocycles. The Balaban J connectivity index is 1.66. The number of carbonyl (C=O) groups excluding carboxylic acids is 2. The summed E-state index contributed by atoms with van der Waals surface area (Å²) in [5, 5.41) is 13.8. The minimum Gasteiger partial charge on any atom is -0.545 e. The van der Waals surface area contributed by atoms with E-state index in [-0.39, 0.29) is 23.6 Å². The first-order valence-electron chi connectivity index (χ1n) is 9.65. The zero-order valence-corrected chi connectivity index (χ0v) is 16.2. The Hall–Kier alpha value is -2.80. The zero-order valence-electron chi connectivity index (χ0n) is 16.2. The van der Waals surface area contributed by atoms with Crippen LogP contribution in [0.25, 0.3) is 0 Å². The lowest BCUT2D eigenvalue weighted by Crippen LogP contribution is -2.49. The lowest BCUT2D eigenvalue weighted by atomic mass is 9.99. The lowest BCUT2D eigenvalue weighted by Gasteiger charge is -2.35. The maximum atomic E-state index is 13.5. The van der Waals surface area contributed by atoms with E-state index in [1.165, 1.54) is 24.3 Å². The molecule has 1 aliphatic rings. The van der Waals surface area contributed by atoms with Crippen molar-refractivity contribution < 1.29 is 23.5 Å². The number of hydrogen-bond donors (Lipinski definition) is 1. The van der Waals surface area contributed by atoms with Gasteiger partial charge in [0.1, 0.15) is 0 Å². The summed E-state index contributed by atoms with van der Waals surface area (Å²) in [7, 11) is 0. The van der Waals surface area contributed by atoms with Crippen LogP contribution in [0.5, 0.6) is 0 Å². The molecule has 0 aromatic heterocycles. The number of amides is 1. The fraction of sp³-hybridized carbons (Fsp3) is 0.364. The molecule has 0 radical (unpaired) electrons. The van der Waals surface area contributed by atoms with Gasteiger partial charge < -0.3 is 15.2 Å². The van der Waals surface area contributed by atoms with Gasteiger partial charge in [-0.25, -0.2) is 8.78 Å². The second-order valence-corrected chi connectivity index (χ2v) is 7.37. The predicted octanol–water partition coefficient (Wildman–Crippen LogP) is 2.56. The number of carboxylic acid groups (broad SMARTS) is 1. The van der Waals surface area contributed by atoms with Gasteiger partial charge in [0.15, 0.2) is 11.6 Å². The summed E-state index contributed by atoms with van der Waals surface area (Å²) < 4.78 is 26.7. The highest BCUT2D eigenvalue weighted by Gasteiger charge is 2.29. The van der Waals surface area contributed by atoms with Gasteiger partial charge in [0.05, 0.1) is 18.1 Å². The van der Waals surface area contributed by atoms with Gasteiger partial charge in [-0.15, -0.1) is 0 Å². The van der Waals surface area contributed by atoms with Crippen LogP contribution in [0, 0.1) is 11.6 Å². The van der Waals surface area contributed by atoms with E-state index in [9.17, 15) is 23.5 Å². The molecule has 1 N–H and O–H groups in total. The van der Waals surface area contributed by atoms with Gasteiger partial charge in [0.25, 0.3) is 0 Å². The summed E-state index contributed by atoms with van der Waals surface area (Å²) in [6.45, 7) is 2.89. The van der Waals surface area contributed by atoms with Crippen molar-refractivity contribution in [2.45, 2.75) is 44.8 Å². The van der Waals surface area contributed by atoms with Gasteiger partial charge >= 0.3 is 0 Å². The zero-order chi connectivity index (χ0) is 21.0. The number of benzene rings is 2. The van der Waals surface area contributed by atoms with Crippen molar-refractivity contribution >= 4 is 11.9 Å². The Kier molecular flexibility index (Phi) is 6.59. The van der Waals surface area contributed by atoms with Gasteiger partial charge in [-0.1, -0.05) is 36.8 Å². The summed E-state index contributed by atoms with van der Waals surface area (Å²) in [6, 6.07) is 9.33. The van der Waals surface area contributed by atoms with E-state index in [1.807, 2.05) is 11.8 Å². The molecule has 5 nitrogen and oxygen atoms in total. The predicted molar refractivity (Wildman–Crippen MR) is 102 cm³/mol. The molecule has 1 amide bonds. The molecule has 154 valence electrons. The number of aromatic carboxylic acids is 1. The third kappa shape index (κ3) is 5.17. The number of nitrogens with one attached hydrogen (secondary N) is 1. The number of carbonyl (C=O) groups is 2. The summed E-state index contributed by atoms with van der Waals surface area (Å²) >= 11 is 0. The number of halogens is 2. The minimum atomic E-state index is -1.25. The van der Waals surface area contributed by atoms with Gasteiger partial charge in [0, 0.05) is 6.54 Å². The van der Waals surface area contributed by atoms with Crippen LogP contribution in [0.1, 0.15) is 53.7 Å². The Labute approximate surface area is 168 Å². The molecule has 2 aromatic carbocycles. The van der Waals surface area contributed by atoms with E-state index >= 15 is 0 Å². The molecule has 1 aliphatic heterocycles. The molecule has 0 bridgehead atoms. The highest BCUT2D eigenvalue weighted by molar-refractivity contribution is 5.85. The first-order valence-corrected chi connectivity index (χ1v) is 9.65. The normalized spacial score (nSPS) is 18.2. The molecule has 2 aromatic rings. The highest BCUT2D eigenvalue weighted by atomic mass is 19.2. The van der Waals surface area contributed by atoms with Crippen molar-refractivity contribution in [1.82, 2.24) is 10.2 Å². The molecule has 0 spiro atoms. The van der Waals surface area contributed by atoms with Gasteiger partial charge in [-0.2, -0.15) is 0 Å². The third-order valence-electron chi connectivity index (χ3n) is 5.29. The quantitative estimate of drug-likeness (QED) is 0.808. The second kappa shape index (κ2) is 9.13. The summed E-state index contributed by atoms with van der Waals surface area (Å²) in [5.41, 5.74) is 1.48. The van der Waals surface area contributed by atoms with Crippen LogP contribution >= 0.6 is 0 Å². The van der Waals surface area contributed by atoms with Crippen molar-refractivity contribution in [2.75, 3.05) is 6.54 Å². The number of carboxylic acids is 1. The van der Waals surface area contributed by atoms with Crippen LogP contribution in [-0.4, -0.2) is 29.4 Å². The average Bonchev–Trinajstić information content (AvgIpc) is 2.71. The van der Waals surface area contributed by atoms with E-state index in [0.29, 0.717) is 25.1 Å². The number of nitrogens with zero attached hydrogens (tertiary/aromatic N) is 1. The molecule has 1 saturated heterocycles. The van der Waals surface area contributed by atoms with Crippen molar-refractivity contribution in [3.05, 3.63) is 70.8 Å². The van der Waals surface area contributed by atoms with Gasteiger partial charge in [-0.05, 0) is 55.1 Å². The van der Waals surface area contributed by atoms with E-state index in [0.717, 1.165) is 24.5 Å². The second-order valence-electron chi connectivity index (χ2n) is 7.37. The van der Waals surface area contributed by atoms with E-state index < -0.39 is 17.6 Å². The first-order chi connectivity index (χ1) is 13.8. The average molecular weight is 401 g/mol. The number of likely N-dealkylation sites (tertiary alicyclic amines) is 1. The fourth-order valence-electron chi connectivity index (χ4n) is 3.65. The number of piperidine rings is 1. The van der Waals surface area contributed by atoms with Crippen LogP contribution in [0.4, 0.5) is 8.78 Å². The van der Waals surface area contributed by atoms with Crippen LogP contribution in [0.2, 0.25) is 0 Å². The molecular formula is C22H23F2N2O3-. The molecule has 0 aliphatic carbocycles. The largest absolute Gasteiger partial charge is 0.545 e. The number of hydrogen-bond acceptors (Lipinski definition) is 4. The Bertz CT molecular complexity index is 886. The summed E-state index contributed by atoms with van der Waals surface area (Å²) in [4.78, 5) is 25.7. The molecule has 7 heteroatoms. The minimum absolute atomic E-state index is 0.0808. The molecule has 1 unspecified atom stereocenters. The SMILES string of the molecule is C[C@H](NC(=O)C1CCCCN1Cc1ccc(F)c(F)c1)c1ccc(C(=O)[O-])cc1. The Morgan fingerprint density at radius 2 is 1.86 bits per heavy atom. The van der Waals surface area contributed by atoms with Crippen molar-refractivity contribution in [3.63, 3.8) is 0 Å². The monoisotopic (exact) mass is 401 g/mol. The van der Waals surface area contributed by atoms with Gasteiger partial charge in [0.2, 0.25) is 5.91 Å². The maximum Gasteiger partial charge on any atom is 0.237 e. The lowest BCUT2D eigenvalue weighted by molar-refractivity contribution is -0.255. The van der Waals surface area contributed by atoms with E-state index in [1.54, 1.807) is 12.1 Å². The molecule has 3 rings (SSSR count). The fourth-order valence-corrected chi connectivity index (χ4v) is 3.65. The molecular weight excluding hydrogens is 378 g/mol. The standard InChI is InChI=1S/C22H24F2N2O3/c1-14(16-6-8-17(9-7-16)22(28)29)25-21(27)20-4-2-3-11-26(20)13-15-5-10-18(23)19(24)12-15/h5-10,12,14,20H,2-4,11,13H2,1H3,(H,25,27)(H,28,29)/p-1/t14-,20?/m0/s1. The summed E-state index contributed by atoms with van der Waals surface area (Å²) in [5.74, 6) is -3.17. The summed E-state index contributed by atoms with van der Waals surface area (Å²) in [6.07, 6.45) is 2.54. The molecule has 29 heavy (non-hydrogen) atoms. The van der Waals surface area contributed by atoms with Crippen LogP contribution in [0.15, 0.2) is 42.5 Å². The smallest absolute Gasteiger partial charge is 0.237 e. The maximum absolute atomic E-state index is 13.5.